The van der Waals surface area contributed by atoms with E-state index in [9.17, 15) is 4.39 Å². The van der Waals surface area contributed by atoms with Crippen LogP contribution in [0.1, 0.15) is 23.6 Å². The van der Waals surface area contributed by atoms with Gasteiger partial charge in [0.25, 0.3) is 0 Å². The molecule has 1 unspecified atom stereocenters. The second-order valence-electron chi connectivity index (χ2n) is 3.10. The summed E-state index contributed by atoms with van der Waals surface area (Å²) >= 11 is 0. The summed E-state index contributed by atoms with van der Waals surface area (Å²) in [4.78, 5) is 0. The lowest BCUT2D eigenvalue weighted by Crippen LogP contribution is -2.14. The highest BCUT2D eigenvalue weighted by molar-refractivity contribution is 5.27. The van der Waals surface area contributed by atoms with Gasteiger partial charge in [-0.2, -0.15) is 0 Å². The Morgan fingerprint density at radius 2 is 2.23 bits per heavy atom. The van der Waals surface area contributed by atoms with E-state index in [0.29, 0.717) is 17.5 Å². The largest absolute Gasteiger partial charge is 0.396 e. The molecule has 3 N–H and O–H groups in total. The third-order valence-corrected chi connectivity index (χ3v) is 2.06. The number of aliphatic hydroxyl groups is 1. The van der Waals surface area contributed by atoms with Gasteiger partial charge in [-0.1, -0.05) is 18.2 Å². The van der Waals surface area contributed by atoms with Crippen molar-refractivity contribution >= 4 is 0 Å². The van der Waals surface area contributed by atoms with Crippen LogP contribution in [0.2, 0.25) is 0 Å². The van der Waals surface area contributed by atoms with Crippen molar-refractivity contribution < 1.29 is 9.50 Å². The number of aryl methyl sites for hydroxylation is 1. The van der Waals surface area contributed by atoms with E-state index in [1.54, 1.807) is 25.1 Å². The van der Waals surface area contributed by atoms with Gasteiger partial charge in [-0.3, -0.25) is 0 Å². The fourth-order valence-corrected chi connectivity index (χ4v) is 1.25. The van der Waals surface area contributed by atoms with Crippen LogP contribution >= 0.6 is 0 Å². The van der Waals surface area contributed by atoms with E-state index >= 15 is 0 Å². The fraction of sp³-hybridized carbons (Fsp3) is 0.400. The maximum Gasteiger partial charge on any atom is 0.130 e. The summed E-state index contributed by atoms with van der Waals surface area (Å²) in [6.45, 7) is 1.68. The van der Waals surface area contributed by atoms with Crippen LogP contribution in [0.25, 0.3) is 0 Å². The van der Waals surface area contributed by atoms with Gasteiger partial charge in [0.2, 0.25) is 0 Å². The third kappa shape index (κ3) is 2.26. The van der Waals surface area contributed by atoms with Gasteiger partial charge in [-0.25, -0.2) is 4.39 Å². The zero-order chi connectivity index (χ0) is 9.84. The number of hydrogen-bond acceptors (Lipinski definition) is 2. The first-order valence-corrected chi connectivity index (χ1v) is 4.28. The normalized spacial score (nSPS) is 12.9. The van der Waals surface area contributed by atoms with Gasteiger partial charge in [-0.15, -0.1) is 0 Å². The Balaban J connectivity index is 2.93. The summed E-state index contributed by atoms with van der Waals surface area (Å²) in [5, 5.41) is 8.66. The molecule has 0 aliphatic rings. The van der Waals surface area contributed by atoms with Gasteiger partial charge in [0, 0.05) is 18.2 Å². The maximum atomic E-state index is 13.4. The first-order chi connectivity index (χ1) is 6.16. The van der Waals surface area contributed by atoms with Crippen molar-refractivity contribution in [1.29, 1.82) is 0 Å². The molecule has 0 aliphatic carbocycles. The molecule has 0 aliphatic heterocycles. The molecule has 0 amide bonds. The quantitative estimate of drug-likeness (QED) is 0.746. The van der Waals surface area contributed by atoms with E-state index in [1.807, 2.05) is 0 Å². The number of halogens is 1. The van der Waals surface area contributed by atoms with Crippen LogP contribution in [0.3, 0.4) is 0 Å². The molecule has 3 heteroatoms. The van der Waals surface area contributed by atoms with Crippen molar-refractivity contribution in [2.45, 2.75) is 19.4 Å². The predicted molar refractivity (Wildman–Crippen MR) is 49.8 cm³/mol. The van der Waals surface area contributed by atoms with Gasteiger partial charge in [0.05, 0.1) is 0 Å². The highest BCUT2D eigenvalue weighted by atomic mass is 19.1. The van der Waals surface area contributed by atoms with Crippen LogP contribution in [0.5, 0.6) is 0 Å². The van der Waals surface area contributed by atoms with E-state index in [0.717, 1.165) is 0 Å². The molecule has 1 aromatic carbocycles. The van der Waals surface area contributed by atoms with Crippen molar-refractivity contribution in [3.05, 3.63) is 35.1 Å². The highest BCUT2D eigenvalue weighted by Gasteiger charge is 2.11. The molecule has 13 heavy (non-hydrogen) atoms. The minimum absolute atomic E-state index is 0.0193. The summed E-state index contributed by atoms with van der Waals surface area (Å²) < 4.78 is 13.4. The van der Waals surface area contributed by atoms with E-state index in [2.05, 4.69) is 0 Å². The topological polar surface area (TPSA) is 46.2 Å². The third-order valence-electron chi connectivity index (χ3n) is 2.06. The Morgan fingerprint density at radius 3 is 2.85 bits per heavy atom. The number of rotatable bonds is 3. The van der Waals surface area contributed by atoms with Crippen molar-refractivity contribution in [1.82, 2.24) is 0 Å². The first-order valence-electron chi connectivity index (χ1n) is 4.28. The number of nitrogens with two attached hydrogens (primary N) is 1. The molecule has 0 aromatic heterocycles. The SMILES string of the molecule is Cc1cccc(C(N)CCO)c1F. The van der Waals surface area contributed by atoms with E-state index in [-0.39, 0.29) is 12.4 Å². The van der Waals surface area contributed by atoms with Crippen LogP contribution in [0, 0.1) is 12.7 Å². The Morgan fingerprint density at radius 1 is 1.54 bits per heavy atom. The molecule has 1 rings (SSSR count). The van der Waals surface area contributed by atoms with Crippen LogP contribution < -0.4 is 5.73 Å². The number of benzene rings is 1. The average Bonchev–Trinajstić information content (AvgIpc) is 2.10. The number of aliphatic hydroxyl groups excluding tert-OH is 1. The summed E-state index contributed by atoms with van der Waals surface area (Å²) in [7, 11) is 0. The molecule has 1 aromatic rings. The van der Waals surface area contributed by atoms with Crippen LogP contribution in [-0.2, 0) is 0 Å². The Kier molecular flexibility index (Phi) is 3.39. The van der Waals surface area contributed by atoms with Crippen molar-refractivity contribution in [3.63, 3.8) is 0 Å². The van der Waals surface area contributed by atoms with Crippen LogP contribution in [-0.4, -0.2) is 11.7 Å². The zero-order valence-corrected chi connectivity index (χ0v) is 7.63. The van der Waals surface area contributed by atoms with E-state index < -0.39 is 6.04 Å². The van der Waals surface area contributed by atoms with Gasteiger partial charge >= 0.3 is 0 Å². The molecule has 0 saturated carbocycles. The number of hydrogen-bond donors (Lipinski definition) is 2. The minimum Gasteiger partial charge on any atom is -0.396 e. The van der Waals surface area contributed by atoms with Crippen molar-refractivity contribution in [3.8, 4) is 0 Å². The Bertz CT molecular complexity index is 288. The van der Waals surface area contributed by atoms with Gasteiger partial charge < -0.3 is 10.8 Å². The molecule has 0 radical (unpaired) electrons. The van der Waals surface area contributed by atoms with E-state index in [1.165, 1.54) is 0 Å². The summed E-state index contributed by atoms with van der Waals surface area (Å²) in [5.74, 6) is -0.261. The molecular formula is C10H14FNO. The second kappa shape index (κ2) is 4.35. The molecule has 1 atom stereocenters. The summed E-state index contributed by atoms with van der Waals surface area (Å²) in [5.41, 5.74) is 6.74. The van der Waals surface area contributed by atoms with Crippen LogP contribution in [0.4, 0.5) is 4.39 Å². The fourth-order valence-electron chi connectivity index (χ4n) is 1.25. The predicted octanol–water partition coefficient (Wildman–Crippen LogP) is 1.52. The monoisotopic (exact) mass is 183 g/mol. The lowest BCUT2D eigenvalue weighted by molar-refractivity contribution is 0.275. The van der Waals surface area contributed by atoms with Gasteiger partial charge in [0.1, 0.15) is 5.82 Å². The van der Waals surface area contributed by atoms with Crippen LogP contribution in [0.15, 0.2) is 18.2 Å². The lowest BCUT2D eigenvalue weighted by Gasteiger charge is -2.12. The van der Waals surface area contributed by atoms with E-state index in [4.69, 9.17) is 10.8 Å². The van der Waals surface area contributed by atoms with Crippen molar-refractivity contribution in [2.75, 3.05) is 6.61 Å². The summed E-state index contributed by atoms with van der Waals surface area (Å²) in [6.07, 6.45) is 0.389. The van der Waals surface area contributed by atoms with Crippen molar-refractivity contribution in [2.24, 2.45) is 5.73 Å². The molecule has 0 fully saturated rings. The molecule has 0 bridgehead atoms. The minimum atomic E-state index is -0.412. The standard InChI is InChI=1S/C10H14FNO/c1-7-3-2-4-8(10(7)11)9(12)5-6-13/h2-4,9,13H,5-6,12H2,1H3. The molecule has 2 nitrogen and oxygen atoms in total. The lowest BCUT2D eigenvalue weighted by atomic mass is 10.0. The molecule has 0 heterocycles. The Hall–Kier alpha value is -0.930. The second-order valence-corrected chi connectivity index (χ2v) is 3.10. The maximum absolute atomic E-state index is 13.4. The van der Waals surface area contributed by atoms with Gasteiger partial charge in [-0.05, 0) is 18.9 Å². The molecule has 0 spiro atoms. The molecule has 0 saturated heterocycles. The highest BCUT2D eigenvalue weighted by Crippen LogP contribution is 2.19. The average molecular weight is 183 g/mol. The van der Waals surface area contributed by atoms with Gasteiger partial charge in [0.15, 0.2) is 0 Å². The summed E-state index contributed by atoms with van der Waals surface area (Å²) in [6, 6.07) is 4.71. The zero-order valence-electron chi connectivity index (χ0n) is 7.63. The Labute approximate surface area is 77.2 Å². The first kappa shape index (κ1) is 10.2. The molecule has 72 valence electrons. The smallest absolute Gasteiger partial charge is 0.130 e. The molecular weight excluding hydrogens is 169 g/mol.